The van der Waals surface area contributed by atoms with E-state index in [4.69, 9.17) is 9.47 Å². The first-order chi connectivity index (χ1) is 12.3. The molecular weight excluding hydrogens is 314 g/mol. The van der Waals surface area contributed by atoms with Gasteiger partial charge >= 0.3 is 0 Å². The molecule has 1 N–H and O–H groups in total. The van der Waals surface area contributed by atoms with Gasteiger partial charge in [0.25, 0.3) is 0 Å². The smallest absolute Gasteiger partial charge is 0.0900 e. The zero-order chi connectivity index (χ0) is 17.3. The highest BCUT2D eigenvalue weighted by atomic mass is 16.5. The molecule has 0 amide bonds. The monoisotopic (exact) mass is 347 g/mol. The van der Waals surface area contributed by atoms with Crippen LogP contribution in [-0.2, 0) is 15.9 Å². The number of nitrogens with zero attached hydrogens (tertiary/aromatic N) is 1. The topological polar surface area (TPSA) is 41.9 Å². The van der Waals surface area contributed by atoms with Crippen molar-refractivity contribution in [2.24, 2.45) is 0 Å². The summed E-state index contributed by atoms with van der Waals surface area (Å²) in [5.41, 5.74) is 1.37. The largest absolute Gasteiger partial charge is 0.389 e. The Bertz CT molecular complexity index is 469. The molecule has 1 saturated heterocycles. The van der Waals surface area contributed by atoms with Gasteiger partial charge in [-0.3, -0.25) is 4.90 Å². The molecule has 1 saturated carbocycles. The third kappa shape index (κ3) is 6.37. The average molecular weight is 347 g/mol. The quantitative estimate of drug-likeness (QED) is 0.706. The Labute approximate surface area is 152 Å². The lowest BCUT2D eigenvalue weighted by Crippen LogP contribution is -2.42. The fourth-order valence-electron chi connectivity index (χ4n) is 4.04. The van der Waals surface area contributed by atoms with Crippen LogP contribution in [0.3, 0.4) is 0 Å². The molecule has 1 aromatic rings. The molecule has 2 atom stereocenters. The number of aliphatic hydroxyl groups excluding tert-OH is 1. The van der Waals surface area contributed by atoms with Crippen molar-refractivity contribution in [3.8, 4) is 0 Å². The zero-order valence-electron chi connectivity index (χ0n) is 15.3. The second-order valence-electron chi connectivity index (χ2n) is 7.50. The molecular formula is C21H33NO3. The molecule has 140 valence electrons. The van der Waals surface area contributed by atoms with Crippen LogP contribution in [0.5, 0.6) is 0 Å². The summed E-state index contributed by atoms with van der Waals surface area (Å²) in [6.07, 6.45) is 8.23. The second kappa shape index (κ2) is 10.3. The third-order valence-corrected chi connectivity index (χ3v) is 5.45. The molecule has 1 heterocycles. The van der Waals surface area contributed by atoms with E-state index in [1.54, 1.807) is 0 Å². The Balaban J connectivity index is 1.43. The SMILES string of the molecule is OC(COCC1CCCO1)CN(CCc1ccccc1)C1CCCC1. The van der Waals surface area contributed by atoms with Gasteiger partial charge < -0.3 is 14.6 Å². The van der Waals surface area contributed by atoms with E-state index in [1.165, 1.54) is 31.2 Å². The van der Waals surface area contributed by atoms with E-state index in [1.807, 2.05) is 0 Å². The summed E-state index contributed by atoms with van der Waals surface area (Å²) < 4.78 is 11.3. The lowest BCUT2D eigenvalue weighted by Gasteiger charge is -2.31. The highest BCUT2D eigenvalue weighted by molar-refractivity contribution is 5.14. The van der Waals surface area contributed by atoms with Gasteiger partial charge in [0.1, 0.15) is 0 Å². The van der Waals surface area contributed by atoms with Crippen molar-refractivity contribution in [1.82, 2.24) is 4.90 Å². The average Bonchev–Trinajstić information content (AvgIpc) is 3.33. The van der Waals surface area contributed by atoms with Crippen LogP contribution in [0.15, 0.2) is 30.3 Å². The van der Waals surface area contributed by atoms with Gasteiger partial charge in [-0.05, 0) is 37.7 Å². The molecule has 1 aliphatic carbocycles. The van der Waals surface area contributed by atoms with Crippen molar-refractivity contribution in [1.29, 1.82) is 0 Å². The zero-order valence-corrected chi connectivity index (χ0v) is 15.3. The van der Waals surface area contributed by atoms with Crippen LogP contribution < -0.4 is 0 Å². The van der Waals surface area contributed by atoms with E-state index in [0.717, 1.165) is 32.4 Å². The molecule has 0 aromatic heterocycles. The van der Waals surface area contributed by atoms with E-state index in [2.05, 4.69) is 35.2 Å². The first-order valence-electron chi connectivity index (χ1n) is 9.96. The fourth-order valence-corrected chi connectivity index (χ4v) is 4.04. The van der Waals surface area contributed by atoms with Gasteiger partial charge in [0.05, 0.1) is 25.4 Å². The Morgan fingerprint density at radius 3 is 2.64 bits per heavy atom. The van der Waals surface area contributed by atoms with Gasteiger partial charge in [0.2, 0.25) is 0 Å². The van der Waals surface area contributed by atoms with Gasteiger partial charge in [-0.2, -0.15) is 0 Å². The Hall–Kier alpha value is -0.940. The van der Waals surface area contributed by atoms with Crippen molar-refractivity contribution >= 4 is 0 Å². The Morgan fingerprint density at radius 2 is 1.92 bits per heavy atom. The van der Waals surface area contributed by atoms with Crippen LogP contribution in [0.4, 0.5) is 0 Å². The van der Waals surface area contributed by atoms with Crippen LogP contribution in [0, 0.1) is 0 Å². The fraction of sp³-hybridized carbons (Fsp3) is 0.714. The van der Waals surface area contributed by atoms with Crippen molar-refractivity contribution in [3.63, 3.8) is 0 Å². The molecule has 0 radical (unpaired) electrons. The maximum atomic E-state index is 10.4. The number of hydrogen-bond acceptors (Lipinski definition) is 4. The third-order valence-electron chi connectivity index (χ3n) is 5.45. The van der Waals surface area contributed by atoms with Gasteiger partial charge in [0.15, 0.2) is 0 Å². The van der Waals surface area contributed by atoms with Crippen molar-refractivity contribution in [2.75, 3.05) is 32.9 Å². The minimum atomic E-state index is -0.419. The van der Waals surface area contributed by atoms with E-state index in [0.29, 0.717) is 25.8 Å². The Morgan fingerprint density at radius 1 is 1.12 bits per heavy atom. The van der Waals surface area contributed by atoms with Crippen molar-refractivity contribution < 1.29 is 14.6 Å². The minimum Gasteiger partial charge on any atom is -0.389 e. The molecule has 2 fully saturated rings. The summed E-state index contributed by atoms with van der Waals surface area (Å²) >= 11 is 0. The summed E-state index contributed by atoms with van der Waals surface area (Å²) in [6.45, 7) is 3.60. The number of ether oxygens (including phenoxy) is 2. The highest BCUT2D eigenvalue weighted by Gasteiger charge is 2.24. The van der Waals surface area contributed by atoms with E-state index < -0.39 is 6.10 Å². The molecule has 4 heteroatoms. The first-order valence-corrected chi connectivity index (χ1v) is 9.96. The summed E-state index contributed by atoms with van der Waals surface area (Å²) in [5.74, 6) is 0. The van der Waals surface area contributed by atoms with Crippen molar-refractivity contribution in [3.05, 3.63) is 35.9 Å². The second-order valence-corrected chi connectivity index (χ2v) is 7.50. The van der Waals surface area contributed by atoms with Crippen LogP contribution in [0.1, 0.15) is 44.1 Å². The molecule has 0 spiro atoms. The number of rotatable bonds is 10. The van der Waals surface area contributed by atoms with Gasteiger partial charge in [-0.25, -0.2) is 0 Å². The van der Waals surface area contributed by atoms with Crippen LogP contribution in [-0.4, -0.2) is 61.2 Å². The molecule has 2 aliphatic rings. The molecule has 1 aromatic carbocycles. The molecule has 0 bridgehead atoms. The highest BCUT2D eigenvalue weighted by Crippen LogP contribution is 2.24. The van der Waals surface area contributed by atoms with Crippen molar-refractivity contribution in [2.45, 2.75) is 63.2 Å². The van der Waals surface area contributed by atoms with Crippen LogP contribution in [0.25, 0.3) is 0 Å². The minimum absolute atomic E-state index is 0.233. The van der Waals surface area contributed by atoms with Crippen LogP contribution >= 0.6 is 0 Å². The molecule has 3 rings (SSSR count). The summed E-state index contributed by atoms with van der Waals surface area (Å²) in [4.78, 5) is 2.49. The van der Waals surface area contributed by atoms with E-state index >= 15 is 0 Å². The lowest BCUT2D eigenvalue weighted by atomic mass is 10.1. The van der Waals surface area contributed by atoms with Gasteiger partial charge in [-0.15, -0.1) is 0 Å². The molecule has 2 unspecified atom stereocenters. The van der Waals surface area contributed by atoms with Crippen LogP contribution in [0.2, 0.25) is 0 Å². The maximum Gasteiger partial charge on any atom is 0.0900 e. The first kappa shape index (κ1) is 18.8. The summed E-state index contributed by atoms with van der Waals surface area (Å²) in [6, 6.07) is 11.3. The van der Waals surface area contributed by atoms with E-state index in [9.17, 15) is 5.11 Å². The summed E-state index contributed by atoms with van der Waals surface area (Å²) in [5, 5.41) is 10.4. The normalized spacial score (nSPS) is 22.7. The van der Waals surface area contributed by atoms with Gasteiger partial charge in [-0.1, -0.05) is 43.2 Å². The Kier molecular flexibility index (Phi) is 7.74. The number of benzene rings is 1. The maximum absolute atomic E-state index is 10.4. The molecule has 25 heavy (non-hydrogen) atoms. The predicted octanol–water partition coefficient (Wildman–Crippen LogP) is 3.03. The molecule has 1 aliphatic heterocycles. The summed E-state index contributed by atoms with van der Waals surface area (Å²) in [7, 11) is 0. The van der Waals surface area contributed by atoms with Gasteiger partial charge in [0, 0.05) is 25.7 Å². The predicted molar refractivity (Wildman–Crippen MR) is 99.8 cm³/mol. The standard InChI is InChI=1S/C21H33NO3/c23-20(16-24-17-21-11-6-14-25-21)15-22(19-9-4-5-10-19)13-12-18-7-2-1-3-8-18/h1-3,7-8,19-21,23H,4-6,9-17H2. The molecule has 4 nitrogen and oxygen atoms in total. The lowest BCUT2D eigenvalue weighted by molar-refractivity contribution is -0.0283. The van der Waals surface area contributed by atoms with E-state index in [-0.39, 0.29) is 6.10 Å². The number of aliphatic hydroxyl groups is 1. The number of hydrogen-bond donors (Lipinski definition) is 1.